The van der Waals surface area contributed by atoms with Crippen molar-refractivity contribution < 1.29 is 4.74 Å². The molecule has 0 aliphatic heterocycles. The number of hydrogen-bond acceptors (Lipinski definition) is 3. The number of halogens is 1. The van der Waals surface area contributed by atoms with E-state index < -0.39 is 0 Å². The molecule has 0 fully saturated rings. The van der Waals surface area contributed by atoms with E-state index in [1.807, 2.05) is 49.4 Å². The molecule has 0 radical (unpaired) electrons. The molecule has 0 amide bonds. The van der Waals surface area contributed by atoms with Crippen molar-refractivity contribution in [1.29, 1.82) is 0 Å². The Morgan fingerprint density at radius 3 is 2.62 bits per heavy atom. The second kappa shape index (κ2) is 5.74. The number of hydrogen-bond donors (Lipinski definition) is 1. The van der Waals surface area contributed by atoms with E-state index in [9.17, 15) is 0 Å². The van der Waals surface area contributed by atoms with Crippen LogP contribution >= 0.6 is 15.9 Å². The highest BCUT2D eigenvalue weighted by atomic mass is 79.9. The van der Waals surface area contributed by atoms with E-state index in [0.29, 0.717) is 12.3 Å². The normalized spacial score (nSPS) is 10.8. The lowest BCUT2D eigenvalue weighted by molar-refractivity contribution is 0.310. The van der Waals surface area contributed by atoms with E-state index in [4.69, 9.17) is 10.5 Å². The minimum atomic E-state index is 0.521. The van der Waals surface area contributed by atoms with Crippen molar-refractivity contribution in [3.05, 3.63) is 64.4 Å². The van der Waals surface area contributed by atoms with E-state index in [1.54, 1.807) is 6.20 Å². The van der Waals surface area contributed by atoms with Crippen LogP contribution in [0, 0.1) is 6.92 Å². The smallest absolute Gasteiger partial charge is 0.127 e. The van der Waals surface area contributed by atoms with Gasteiger partial charge in [-0.2, -0.15) is 0 Å². The van der Waals surface area contributed by atoms with Gasteiger partial charge in [0.05, 0.1) is 0 Å². The number of ether oxygens (including phenoxy) is 1. The number of aryl methyl sites for hydroxylation is 1. The fraction of sp³-hybridized carbons (Fsp3) is 0.118. The summed E-state index contributed by atoms with van der Waals surface area (Å²) in [6, 6.07) is 13.9. The lowest BCUT2D eigenvalue weighted by Gasteiger charge is -2.11. The zero-order valence-electron chi connectivity index (χ0n) is 11.6. The lowest BCUT2D eigenvalue weighted by Crippen LogP contribution is -1.98. The second-order valence-corrected chi connectivity index (χ2v) is 5.86. The number of fused-ring (bicyclic) bond motifs is 1. The van der Waals surface area contributed by atoms with Gasteiger partial charge in [-0.3, -0.25) is 4.98 Å². The van der Waals surface area contributed by atoms with Crippen LogP contribution in [0.3, 0.4) is 0 Å². The maximum Gasteiger partial charge on any atom is 0.127 e. The Bertz CT molecular complexity index is 785. The molecule has 0 bridgehead atoms. The molecule has 21 heavy (non-hydrogen) atoms. The van der Waals surface area contributed by atoms with Gasteiger partial charge in [0.25, 0.3) is 0 Å². The van der Waals surface area contributed by atoms with Gasteiger partial charge in [0.15, 0.2) is 0 Å². The lowest BCUT2D eigenvalue weighted by atomic mass is 10.1. The Morgan fingerprint density at radius 2 is 1.86 bits per heavy atom. The van der Waals surface area contributed by atoms with Crippen LogP contribution in [0.4, 0.5) is 5.69 Å². The number of nitrogens with zero attached hydrogens (tertiary/aromatic N) is 1. The van der Waals surface area contributed by atoms with Gasteiger partial charge in [0.2, 0.25) is 0 Å². The van der Waals surface area contributed by atoms with E-state index in [-0.39, 0.29) is 0 Å². The zero-order chi connectivity index (χ0) is 14.8. The molecule has 0 saturated carbocycles. The van der Waals surface area contributed by atoms with Crippen LogP contribution in [0.1, 0.15) is 11.3 Å². The zero-order valence-corrected chi connectivity index (χ0v) is 13.2. The van der Waals surface area contributed by atoms with Crippen molar-refractivity contribution in [2.45, 2.75) is 13.5 Å². The topological polar surface area (TPSA) is 48.1 Å². The van der Waals surface area contributed by atoms with Gasteiger partial charge in [-0.25, -0.2) is 0 Å². The standard InChI is InChI=1S/C17H15BrN2O/c1-11-8-14-15(9-20-11)16(19)6-7-17(14)21-10-12-2-4-13(18)5-3-12/h2-9H,10,19H2,1H3. The Kier molecular flexibility index (Phi) is 3.80. The molecule has 0 aliphatic rings. The van der Waals surface area contributed by atoms with Crippen LogP contribution in [0.2, 0.25) is 0 Å². The van der Waals surface area contributed by atoms with Gasteiger partial charge in [0.1, 0.15) is 12.4 Å². The molecule has 106 valence electrons. The third-order valence-electron chi connectivity index (χ3n) is 3.34. The molecule has 1 aromatic heterocycles. The first-order valence-electron chi connectivity index (χ1n) is 6.65. The first-order chi connectivity index (χ1) is 10.1. The van der Waals surface area contributed by atoms with Crippen molar-refractivity contribution in [2.75, 3.05) is 5.73 Å². The van der Waals surface area contributed by atoms with Crippen LogP contribution in [-0.2, 0) is 6.61 Å². The summed E-state index contributed by atoms with van der Waals surface area (Å²) in [6.45, 7) is 2.48. The highest BCUT2D eigenvalue weighted by molar-refractivity contribution is 9.10. The van der Waals surface area contributed by atoms with E-state index >= 15 is 0 Å². The molecule has 4 heteroatoms. The summed E-state index contributed by atoms with van der Waals surface area (Å²) in [6.07, 6.45) is 1.80. The minimum Gasteiger partial charge on any atom is -0.488 e. The summed E-state index contributed by atoms with van der Waals surface area (Å²) in [4.78, 5) is 4.30. The van der Waals surface area contributed by atoms with Gasteiger partial charge < -0.3 is 10.5 Å². The summed E-state index contributed by atoms with van der Waals surface area (Å²) in [5.74, 6) is 0.826. The maximum absolute atomic E-state index is 6.00. The Balaban J connectivity index is 1.91. The summed E-state index contributed by atoms with van der Waals surface area (Å²) >= 11 is 3.43. The molecule has 2 N–H and O–H groups in total. The molecule has 0 aliphatic carbocycles. The van der Waals surface area contributed by atoms with Gasteiger partial charge >= 0.3 is 0 Å². The molecule has 0 spiro atoms. The predicted molar refractivity (Wildman–Crippen MR) is 89.4 cm³/mol. The molecule has 0 unspecified atom stereocenters. The SMILES string of the molecule is Cc1cc2c(OCc3ccc(Br)cc3)ccc(N)c2cn1. The highest BCUT2D eigenvalue weighted by Crippen LogP contribution is 2.30. The monoisotopic (exact) mass is 342 g/mol. The molecule has 3 rings (SSSR count). The molecular formula is C17H15BrN2O. The minimum absolute atomic E-state index is 0.521. The number of pyridine rings is 1. The Morgan fingerprint density at radius 1 is 1.10 bits per heavy atom. The molecule has 1 heterocycles. The van der Waals surface area contributed by atoms with Gasteiger partial charge in [0, 0.05) is 32.8 Å². The van der Waals surface area contributed by atoms with Crippen molar-refractivity contribution in [3.63, 3.8) is 0 Å². The molecule has 0 saturated heterocycles. The van der Waals surface area contributed by atoms with Crippen LogP contribution in [0.5, 0.6) is 5.75 Å². The van der Waals surface area contributed by atoms with Gasteiger partial charge in [-0.15, -0.1) is 0 Å². The van der Waals surface area contributed by atoms with E-state index in [0.717, 1.165) is 32.3 Å². The molecule has 3 aromatic rings. The van der Waals surface area contributed by atoms with Crippen LogP contribution in [0.15, 0.2) is 53.1 Å². The van der Waals surface area contributed by atoms with E-state index in [1.165, 1.54) is 0 Å². The Hall–Kier alpha value is -2.07. The predicted octanol–water partition coefficient (Wildman–Crippen LogP) is 4.47. The van der Waals surface area contributed by atoms with E-state index in [2.05, 4.69) is 20.9 Å². The third-order valence-corrected chi connectivity index (χ3v) is 3.87. The van der Waals surface area contributed by atoms with Gasteiger partial charge in [-0.1, -0.05) is 28.1 Å². The molecule has 0 atom stereocenters. The highest BCUT2D eigenvalue weighted by Gasteiger charge is 2.06. The summed E-state index contributed by atoms with van der Waals surface area (Å²) in [5.41, 5.74) is 8.78. The quantitative estimate of drug-likeness (QED) is 0.714. The average Bonchev–Trinajstić information content (AvgIpc) is 2.48. The number of rotatable bonds is 3. The summed E-state index contributed by atoms with van der Waals surface area (Å²) in [5, 5.41) is 1.92. The molecule has 2 aromatic carbocycles. The van der Waals surface area contributed by atoms with Crippen molar-refractivity contribution >= 4 is 32.4 Å². The maximum atomic E-state index is 6.00. The third kappa shape index (κ3) is 3.00. The first kappa shape index (κ1) is 13.9. The fourth-order valence-corrected chi connectivity index (χ4v) is 2.47. The molecular weight excluding hydrogens is 328 g/mol. The molecule has 3 nitrogen and oxygen atoms in total. The largest absolute Gasteiger partial charge is 0.488 e. The number of nitrogen functional groups attached to an aromatic ring is 1. The van der Waals surface area contributed by atoms with Crippen LogP contribution in [0.25, 0.3) is 10.8 Å². The van der Waals surface area contributed by atoms with Crippen molar-refractivity contribution in [2.24, 2.45) is 0 Å². The first-order valence-corrected chi connectivity index (χ1v) is 7.45. The second-order valence-electron chi connectivity index (χ2n) is 4.94. The number of aromatic nitrogens is 1. The number of benzene rings is 2. The van der Waals surface area contributed by atoms with Crippen molar-refractivity contribution in [3.8, 4) is 5.75 Å². The number of nitrogens with two attached hydrogens (primary N) is 1. The van der Waals surface area contributed by atoms with Gasteiger partial charge in [-0.05, 0) is 42.8 Å². The summed E-state index contributed by atoms with van der Waals surface area (Å²) in [7, 11) is 0. The van der Waals surface area contributed by atoms with Crippen molar-refractivity contribution in [1.82, 2.24) is 4.98 Å². The van der Waals surface area contributed by atoms with Crippen LogP contribution < -0.4 is 10.5 Å². The Labute approximate surface area is 131 Å². The fourth-order valence-electron chi connectivity index (χ4n) is 2.21. The van der Waals surface area contributed by atoms with Crippen LogP contribution in [-0.4, -0.2) is 4.98 Å². The number of anilines is 1. The summed E-state index contributed by atoms with van der Waals surface area (Å²) < 4.78 is 7.02. The average molecular weight is 343 g/mol.